The van der Waals surface area contributed by atoms with E-state index in [2.05, 4.69) is 29.4 Å². The highest BCUT2D eigenvalue weighted by Gasteiger charge is 2.31. The Bertz CT molecular complexity index is 649. The van der Waals surface area contributed by atoms with Gasteiger partial charge in [-0.1, -0.05) is 20.3 Å². The molecule has 0 saturated heterocycles. The molecule has 0 radical (unpaired) electrons. The maximum absolute atomic E-state index is 13.3. The molecule has 1 unspecified atom stereocenters. The normalized spacial score (nSPS) is 21.4. The second kappa shape index (κ2) is 5.09. The van der Waals surface area contributed by atoms with E-state index < -0.39 is 5.82 Å². The van der Waals surface area contributed by atoms with Crippen molar-refractivity contribution >= 4 is 5.69 Å². The Morgan fingerprint density at radius 1 is 1.38 bits per heavy atom. The van der Waals surface area contributed by atoms with Crippen molar-refractivity contribution in [2.75, 3.05) is 5.73 Å². The zero-order chi connectivity index (χ0) is 15.0. The molecule has 1 aromatic heterocycles. The first kappa shape index (κ1) is 14.0. The van der Waals surface area contributed by atoms with Gasteiger partial charge in [0.2, 0.25) is 0 Å². The number of nitrogens with two attached hydrogens (primary N) is 1. The number of hydrogen-bond donors (Lipinski definition) is 1. The molecular weight excluding hydrogens is 269 g/mol. The van der Waals surface area contributed by atoms with E-state index in [1.54, 1.807) is 12.1 Å². The second-order valence-corrected chi connectivity index (χ2v) is 6.60. The summed E-state index contributed by atoms with van der Waals surface area (Å²) in [5, 5.41) is 12.1. The molecule has 1 atom stereocenters. The summed E-state index contributed by atoms with van der Waals surface area (Å²) in [6.07, 6.45) is 4.51. The fourth-order valence-corrected chi connectivity index (χ4v) is 3.18. The number of nitrogen functional groups attached to an aromatic ring is 1. The average molecular weight is 289 g/mol. The van der Waals surface area contributed by atoms with Crippen LogP contribution in [0.1, 0.15) is 45.6 Å². The van der Waals surface area contributed by atoms with Crippen LogP contribution >= 0.6 is 0 Å². The van der Waals surface area contributed by atoms with Crippen molar-refractivity contribution in [2.45, 2.75) is 45.6 Å². The first-order valence-electron chi connectivity index (χ1n) is 7.29. The minimum Gasteiger partial charge on any atom is -0.396 e. The van der Waals surface area contributed by atoms with Crippen molar-refractivity contribution in [3.05, 3.63) is 24.0 Å². The Balaban J connectivity index is 1.95. The topological polar surface area (TPSA) is 69.6 Å². The highest BCUT2D eigenvalue weighted by molar-refractivity contribution is 5.61. The van der Waals surface area contributed by atoms with E-state index in [1.165, 1.54) is 18.9 Å². The van der Waals surface area contributed by atoms with E-state index in [4.69, 9.17) is 5.73 Å². The van der Waals surface area contributed by atoms with E-state index in [-0.39, 0.29) is 11.7 Å². The number of rotatable bonds is 2. The number of aromatic nitrogens is 4. The zero-order valence-electron chi connectivity index (χ0n) is 12.4. The van der Waals surface area contributed by atoms with Gasteiger partial charge in [0.25, 0.3) is 0 Å². The molecular formula is C15H20FN5. The Morgan fingerprint density at radius 2 is 2.19 bits per heavy atom. The van der Waals surface area contributed by atoms with Gasteiger partial charge >= 0.3 is 0 Å². The predicted octanol–water partition coefficient (Wildman–Crippen LogP) is 3.20. The molecule has 1 heterocycles. The highest BCUT2D eigenvalue weighted by Crippen LogP contribution is 2.41. The van der Waals surface area contributed by atoms with E-state index in [1.807, 2.05) is 4.68 Å². The van der Waals surface area contributed by atoms with Gasteiger partial charge in [-0.05, 0) is 53.3 Å². The van der Waals surface area contributed by atoms with Crippen molar-refractivity contribution in [1.29, 1.82) is 0 Å². The van der Waals surface area contributed by atoms with Crippen LogP contribution in [0.15, 0.2) is 18.2 Å². The molecule has 6 heteroatoms. The smallest absolute Gasteiger partial charge is 0.182 e. The first-order chi connectivity index (χ1) is 9.96. The number of tetrazole rings is 1. The lowest BCUT2D eigenvalue weighted by Crippen LogP contribution is -2.26. The van der Waals surface area contributed by atoms with Crippen molar-refractivity contribution in [3.8, 4) is 11.4 Å². The monoisotopic (exact) mass is 289 g/mol. The molecule has 21 heavy (non-hydrogen) atoms. The molecule has 1 aliphatic rings. The number of benzene rings is 1. The van der Waals surface area contributed by atoms with Crippen LogP contribution < -0.4 is 5.73 Å². The molecule has 2 aromatic rings. The Labute approximate surface area is 123 Å². The minimum atomic E-state index is -0.420. The van der Waals surface area contributed by atoms with E-state index in [0.717, 1.165) is 18.4 Å². The van der Waals surface area contributed by atoms with Gasteiger partial charge in [-0.3, -0.25) is 0 Å². The third kappa shape index (κ3) is 2.75. The Hall–Kier alpha value is -1.98. The second-order valence-electron chi connectivity index (χ2n) is 6.60. The zero-order valence-corrected chi connectivity index (χ0v) is 12.4. The van der Waals surface area contributed by atoms with Crippen LogP contribution in [-0.4, -0.2) is 20.2 Å². The molecule has 112 valence electrons. The van der Waals surface area contributed by atoms with Gasteiger partial charge in [0.1, 0.15) is 5.82 Å². The van der Waals surface area contributed by atoms with Crippen LogP contribution in [0, 0.1) is 11.2 Å². The van der Waals surface area contributed by atoms with Gasteiger partial charge in [-0.2, -0.15) is 0 Å². The van der Waals surface area contributed by atoms with Crippen molar-refractivity contribution in [3.63, 3.8) is 0 Å². The quantitative estimate of drug-likeness (QED) is 0.862. The van der Waals surface area contributed by atoms with Gasteiger partial charge < -0.3 is 5.73 Å². The Kier molecular flexibility index (Phi) is 3.39. The highest BCUT2D eigenvalue weighted by atomic mass is 19.1. The summed E-state index contributed by atoms with van der Waals surface area (Å²) in [6.45, 7) is 4.55. The van der Waals surface area contributed by atoms with Gasteiger partial charge in [-0.25, -0.2) is 9.07 Å². The van der Waals surface area contributed by atoms with Crippen LogP contribution in [-0.2, 0) is 0 Å². The Morgan fingerprint density at radius 3 is 2.90 bits per heavy atom. The standard InChI is InChI=1S/C15H20FN5/c1-15(2)7-3-4-11(9-15)21-14(18-19-20-21)10-5-6-12(16)13(17)8-10/h5-6,8,11H,3-4,7,9,17H2,1-2H3. The van der Waals surface area contributed by atoms with E-state index in [0.29, 0.717) is 11.2 Å². The summed E-state index contributed by atoms with van der Waals surface area (Å²) in [7, 11) is 0. The molecule has 3 rings (SSSR count). The lowest BCUT2D eigenvalue weighted by atomic mass is 9.75. The van der Waals surface area contributed by atoms with Gasteiger partial charge in [0, 0.05) is 5.56 Å². The maximum atomic E-state index is 13.3. The fraction of sp³-hybridized carbons (Fsp3) is 0.533. The van der Waals surface area contributed by atoms with E-state index in [9.17, 15) is 4.39 Å². The van der Waals surface area contributed by atoms with Crippen LogP contribution in [0.25, 0.3) is 11.4 Å². The van der Waals surface area contributed by atoms with Gasteiger partial charge in [0.05, 0.1) is 11.7 Å². The van der Waals surface area contributed by atoms with Crippen molar-refractivity contribution < 1.29 is 4.39 Å². The lowest BCUT2D eigenvalue weighted by Gasteiger charge is -2.35. The van der Waals surface area contributed by atoms with Gasteiger partial charge in [0.15, 0.2) is 5.82 Å². The summed E-state index contributed by atoms with van der Waals surface area (Å²) >= 11 is 0. The first-order valence-corrected chi connectivity index (χ1v) is 7.29. The van der Waals surface area contributed by atoms with Crippen LogP contribution in [0.2, 0.25) is 0 Å². The van der Waals surface area contributed by atoms with Crippen molar-refractivity contribution in [2.24, 2.45) is 5.41 Å². The van der Waals surface area contributed by atoms with Crippen LogP contribution in [0.3, 0.4) is 0 Å². The average Bonchev–Trinajstić information content (AvgIpc) is 2.90. The van der Waals surface area contributed by atoms with Crippen LogP contribution in [0.4, 0.5) is 10.1 Å². The van der Waals surface area contributed by atoms with Gasteiger partial charge in [-0.15, -0.1) is 5.10 Å². The summed E-state index contributed by atoms with van der Waals surface area (Å²) in [5.74, 6) is 0.237. The summed E-state index contributed by atoms with van der Waals surface area (Å²) in [5.41, 5.74) is 6.81. The summed E-state index contributed by atoms with van der Waals surface area (Å²) in [6, 6.07) is 4.90. The molecule has 0 amide bonds. The molecule has 0 bridgehead atoms. The van der Waals surface area contributed by atoms with E-state index >= 15 is 0 Å². The fourth-order valence-electron chi connectivity index (χ4n) is 3.18. The maximum Gasteiger partial charge on any atom is 0.182 e. The van der Waals surface area contributed by atoms with Crippen molar-refractivity contribution in [1.82, 2.24) is 20.2 Å². The predicted molar refractivity (Wildman–Crippen MR) is 78.9 cm³/mol. The number of nitrogens with zero attached hydrogens (tertiary/aromatic N) is 4. The molecule has 5 nitrogen and oxygen atoms in total. The largest absolute Gasteiger partial charge is 0.396 e. The molecule has 0 spiro atoms. The molecule has 1 aliphatic carbocycles. The summed E-state index contributed by atoms with van der Waals surface area (Å²) < 4.78 is 15.2. The molecule has 1 aromatic carbocycles. The third-order valence-electron chi connectivity index (χ3n) is 4.27. The third-order valence-corrected chi connectivity index (χ3v) is 4.27. The molecule has 2 N–H and O–H groups in total. The number of halogens is 1. The van der Waals surface area contributed by atoms with Crippen LogP contribution in [0.5, 0.6) is 0 Å². The minimum absolute atomic E-state index is 0.117. The number of anilines is 1. The number of hydrogen-bond acceptors (Lipinski definition) is 4. The lowest BCUT2D eigenvalue weighted by molar-refractivity contribution is 0.174. The summed E-state index contributed by atoms with van der Waals surface area (Å²) in [4.78, 5) is 0. The SMILES string of the molecule is CC1(C)CCCC(n2nnnc2-c2ccc(F)c(N)c2)C1. The molecule has 1 saturated carbocycles. The molecule has 1 fully saturated rings. The molecule has 0 aliphatic heterocycles.